The van der Waals surface area contributed by atoms with E-state index in [0.29, 0.717) is 5.56 Å². The molecule has 1 aliphatic carbocycles. The van der Waals surface area contributed by atoms with Crippen LogP contribution in [0.1, 0.15) is 42.9 Å². The molecule has 2 heterocycles. The van der Waals surface area contributed by atoms with Gasteiger partial charge in [0.15, 0.2) is 17.5 Å². The maximum atomic E-state index is 14.3. The van der Waals surface area contributed by atoms with Crippen LogP contribution in [0.25, 0.3) is 11.4 Å². The van der Waals surface area contributed by atoms with Crippen LogP contribution in [0.3, 0.4) is 0 Å². The van der Waals surface area contributed by atoms with E-state index in [1.54, 1.807) is 19.2 Å². The molecule has 8 nitrogen and oxygen atoms in total. The third kappa shape index (κ3) is 6.15. The standard InChI is InChI=1S/C19H22F4N6O2.4H2/c1-9(2)14(18(31)26-8-19(21,22)23)28-16-12(20)7-25-15(29-16)10-5-13(24-6-10)17(30)27-11-3-4-11;;;;/h5-7,9,11,14,24H,3-4,8H2,1-2H3,(H,26,31)(H,27,30)(H,25,28,29);4*1H/t14-;;;;/m1..../s1. The van der Waals surface area contributed by atoms with Crippen molar-refractivity contribution >= 4 is 17.6 Å². The average molecular weight is 450 g/mol. The highest BCUT2D eigenvalue weighted by Gasteiger charge is 2.31. The van der Waals surface area contributed by atoms with E-state index >= 15 is 0 Å². The smallest absolute Gasteiger partial charge is 0.356 e. The molecule has 0 bridgehead atoms. The number of amides is 2. The van der Waals surface area contributed by atoms with Crippen LogP contribution in [0.5, 0.6) is 0 Å². The van der Waals surface area contributed by atoms with Gasteiger partial charge in [-0.2, -0.15) is 13.2 Å². The first kappa shape index (κ1) is 22.5. The first-order valence-corrected chi connectivity index (χ1v) is 9.66. The monoisotopic (exact) mass is 450 g/mol. The summed E-state index contributed by atoms with van der Waals surface area (Å²) >= 11 is 0. The number of aromatic amines is 1. The SMILES string of the molecule is CC(C)[C@@H](Nc1nc(-c2c[nH]c(C(=O)NC3CC3)c2)ncc1F)C(=O)NCC(F)(F)F.[HH].[HH].[HH].[HH]. The minimum Gasteiger partial charge on any atom is -0.356 e. The molecule has 31 heavy (non-hydrogen) atoms. The van der Waals surface area contributed by atoms with Crippen LogP contribution >= 0.6 is 0 Å². The Morgan fingerprint density at radius 2 is 2.03 bits per heavy atom. The van der Waals surface area contributed by atoms with E-state index in [2.05, 4.69) is 25.6 Å². The van der Waals surface area contributed by atoms with Gasteiger partial charge in [0.2, 0.25) is 5.91 Å². The summed E-state index contributed by atoms with van der Waals surface area (Å²) in [7, 11) is 0. The molecule has 176 valence electrons. The van der Waals surface area contributed by atoms with Gasteiger partial charge in [0, 0.05) is 23.5 Å². The fourth-order valence-electron chi connectivity index (χ4n) is 2.73. The summed E-state index contributed by atoms with van der Waals surface area (Å²) in [4.78, 5) is 35.0. The van der Waals surface area contributed by atoms with Gasteiger partial charge >= 0.3 is 6.18 Å². The highest BCUT2D eigenvalue weighted by atomic mass is 19.4. The number of H-pyrrole nitrogens is 1. The molecule has 12 heteroatoms. The quantitative estimate of drug-likeness (QED) is 0.459. The lowest BCUT2D eigenvalue weighted by molar-refractivity contribution is -0.139. The lowest BCUT2D eigenvalue weighted by Crippen LogP contribution is -2.46. The summed E-state index contributed by atoms with van der Waals surface area (Å²) in [5, 5.41) is 7.17. The lowest BCUT2D eigenvalue weighted by atomic mass is 10.0. The zero-order valence-electron chi connectivity index (χ0n) is 16.8. The molecular formula is C19H30F4N6O2. The first-order chi connectivity index (χ1) is 14.5. The molecule has 0 saturated heterocycles. The van der Waals surface area contributed by atoms with E-state index < -0.39 is 36.4 Å². The molecule has 0 spiro atoms. The fourth-order valence-corrected chi connectivity index (χ4v) is 2.73. The van der Waals surface area contributed by atoms with Gasteiger partial charge in [0.1, 0.15) is 18.3 Å². The minimum absolute atomic E-state index is 0. The van der Waals surface area contributed by atoms with E-state index in [0.717, 1.165) is 19.0 Å². The fraction of sp³-hybridized carbons (Fsp3) is 0.474. The highest BCUT2D eigenvalue weighted by Crippen LogP contribution is 2.23. The second-order valence-corrected chi connectivity index (χ2v) is 7.64. The Hall–Kier alpha value is -3.18. The Kier molecular flexibility index (Phi) is 6.46. The topological polar surface area (TPSA) is 112 Å². The van der Waals surface area contributed by atoms with E-state index in [4.69, 9.17) is 0 Å². The Balaban J connectivity index is 0. The molecule has 2 amide bonds. The van der Waals surface area contributed by atoms with Gasteiger partial charge in [0.05, 0.1) is 6.20 Å². The summed E-state index contributed by atoms with van der Waals surface area (Å²) in [6.07, 6.45) is -0.338. The maximum absolute atomic E-state index is 14.3. The molecule has 1 fully saturated rings. The molecule has 3 rings (SSSR count). The predicted molar refractivity (Wildman–Crippen MR) is 112 cm³/mol. The number of hydrogen-bond donors (Lipinski definition) is 4. The summed E-state index contributed by atoms with van der Waals surface area (Å²) in [5.74, 6) is -2.82. The summed E-state index contributed by atoms with van der Waals surface area (Å²) < 4.78 is 51.5. The Morgan fingerprint density at radius 1 is 1.32 bits per heavy atom. The van der Waals surface area contributed by atoms with Gasteiger partial charge in [-0.25, -0.2) is 14.4 Å². The number of rotatable bonds is 8. The van der Waals surface area contributed by atoms with E-state index in [1.165, 1.54) is 12.3 Å². The van der Waals surface area contributed by atoms with Crippen LogP contribution in [0.2, 0.25) is 0 Å². The maximum Gasteiger partial charge on any atom is 0.405 e. The molecule has 2 aromatic rings. The van der Waals surface area contributed by atoms with Crippen LogP contribution in [-0.2, 0) is 4.79 Å². The van der Waals surface area contributed by atoms with Gasteiger partial charge in [-0.3, -0.25) is 9.59 Å². The minimum atomic E-state index is -4.57. The van der Waals surface area contributed by atoms with Gasteiger partial charge in [-0.15, -0.1) is 0 Å². The zero-order valence-corrected chi connectivity index (χ0v) is 16.8. The third-order valence-electron chi connectivity index (χ3n) is 4.55. The van der Waals surface area contributed by atoms with Crippen molar-refractivity contribution in [1.29, 1.82) is 0 Å². The molecule has 0 unspecified atom stereocenters. The van der Waals surface area contributed by atoms with Crippen LogP contribution < -0.4 is 16.0 Å². The summed E-state index contributed by atoms with van der Waals surface area (Å²) in [5.41, 5.74) is 0.697. The van der Waals surface area contributed by atoms with Gasteiger partial charge in [0.25, 0.3) is 5.91 Å². The largest absolute Gasteiger partial charge is 0.405 e. The number of halogens is 4. The second kappa shape index (κ2) is 8.90. The van der Waals surface area contributed by atoms with Crippen molar-refractivity contribution in [3.05, 3.63) is 30.0 Å². The summed E-state index contributed by atoms with van der Waals surface area (Å²) in [6.45, 7) is 1.70. The molecular weight excluding hydrogens is 420 g/mol. The highest BCUT2D eigenvalue weighted by molar-refractivity contribution is 5.94. The molecule has 4 N–H and O–H groups in total. The third-order valence-corrected chi connectivity index (χ3v) is 4.55. The Bertz CT molecular complexity index is 973. The van der Waals surface area contributed by atoms with Crippen molar-refractivity contribution in [2.45, 2.75) is 44.9 Å². The summed E-state index contributed by atoms with van der Waals surface area (Å²) in [6, 6.07) is 0.518. The van der Waals surface area contributed by atoms with Crippen molar-refractivity contribution < 1.29 is 32.9 Å². The Labute approximate surface area is 181 Å². The van der Waals surface area contributed by atoms with Crippen molar-refractivity contribution in [3.63, 3.8) is 0 Å². The molecule has 1 aliphatic rings. The van der Waals surface area contributed by atoms with E-state index in [9.17, 15) is 27.2 Å². The number of carbonyl (C=O) groups excluding carboxylic acids is 2. The van der Waals surface area contributed by atoms with Crippen LogP contribution in [0, 0.1) is 11.7 Å². The van der Waals surface area contributed by atoms with E-state index in [-0.39, 0.29) is 35.0 Å². The number of alkyl halides is 3. The number of nitrogens with one attached hydrogen (secondary N) is 4. The van der Waals surface area contributed by atoms with E-state index in [1.807, 2.05) is 0 Å². The molecule has 0 aliphatic heterocycles. The van der Waals surface area contributed by atoms with Crippen molar-refractivity contribution in [1.82, 2.24) is 25.6 Å². The number of hydrogen-bond acceptors (Lipinski definition) is 5. The van der Waals surface area contributed by atoms with Crippen molar-refractivity contribution in [2.75, 3.05) is 11.9 Å². The van der Waals surface area contributed by atoms with Gasteiger partial charge in [-0.05, 0) is 24.8 Å². The lowest BCUT2D eigenvalue weighted by Gasteiger charge is -2.23. The number of aromatic nitrogens is 3. The number of nitrogens with zero attached hydrogens (tertiary/aromatic N) is 2. The van der Waals surface area contributed by atoms with Gasteiger partial charge < -0.3 is 20.9 Å². The molecule has 0 aromatic carbocycles. The molecule has 2 aromatic heterocycles. The van der Waals surface area contributed by atoms with Crippen LogP contribution in [-0.4, -0.2) is 51.6 Å². The normalized spacial score (nSPS) is 14.9. The van der Waals surface area contributed by atoms with Gasteiger partial charge in [-0.1, -0.05) is 13.8 Å². The van der Waals surface area contributed by atoms with Crippen molar-refractivity contribution in [3.8, 4) is 11.4 Å². The molecule has 1 atom stereocenters. The number of carbonyl (C=O) groups is 2. The van der Waals surface area contributed by atoms with Crippen LogP contribution in [0.15, 0.2) is 18.5 Å². The van der Waals surface area contributed by atoms with Crippen LogP contribution in [0.4, 0.5) is 23.4 Å². The number of anilines is 1. The molecule has 1 saturated carbocycles. The average Bonchev–Trinajstić information content (AvgIpc) is 3.36. The zero-order chi connectivity index (χ0) is 22.8. The Morgan fingerprint density at radius 3 is 2.65 bits per heavy atom. The predicted octanol–water partition coefficient (Wildman–Crippen LogP) is 3.60. The second-order valence-electron chi connectivity index (χ2n) is 7.64. The molecule has 0 radical (unpaired) electrons. The first-order valence-electron chi connectivity index (χ1n) is 9.66. The van der Waals surface area contributed by atoms with Crippen molar-refractivity contribution in [2.24, 2.45) is 5.92 Å².